The van der Waals surface area contributed by atoms with Gasteiger partial charge in [0.25, 0.3) is 11.1 Å². The number of halogens is 3. The van der Waals surface area contributed by atoms with Gasteiger partial charge in [-0.1, -0.05) is 70.0 Å². The second-order valence-electron chi connectivity index (χ2n) is 7.67. The molecule has 9 heteroatoms. The molecule has 2 heterocycles. The Morgan fingerprint density at radius 3 is 2.59 bits per heavy atom. The minimum atomic E-state index is 0.419. The molecule has 0 bridgehead atoms. The molecule has 1 fully saturated rings. The van der Waals surface area contributed by atoms with Gasteiger partial charge in [0.1, 0.15) is 0 Å². The predicted molar refractivity (Wildman–Crippen MR) is 133 cm³/mol. The number of rotatable bonds is 7. The first-order chi connectivity index (χ1) is 15.5. The van der Waals surface area contributed by atoms with Crippen LogP contribution in [0.25, 0.3) is 28.5 Å². The highest BCUT2D eigenvalue weighted by Crippen LogP contribution is 2.38. The molecule has 1 saturated carbocycles. The van der Waals surface area contributed by atoms with Gasteiger partial charge in [-0.15, -0.1) is 10.2 Å². The van der Waals surface area contributed by atoms with Crippen molar-refractivity contribution in [2.75, 3.05) is 5.75 Å². The van der Waals surface area contributed by atoms with E-state index in [0.717, 1.165) is 45.1 Å². The summed E-state index contributed by atoms with van der Waals surface area (Å²) in [6.45, 7) is 2.09. The Balaban J connectivity index is 1.65. The van der Waals surface area contributed by atoms with Crippen molar-refractivity contribution in [2.45, 2.75) is 31.4 Å². The van der Waals surface area contributed by atoms with E-state index in [0.29, 0.717) is 26.9 Å². The summed E-state index contributed by atoms with van der Waals surface area (Å²) in [6.07, 6.45) is 3.31. The van der Waals surface area contributed by atoms with E-state index < -0.39 is 0 Å². The molecular formula is C23H19BrCl2N4OS. The lowest BCUT2D eigenvalue weighted by Crippen LogP contribution is -2.01. The fraction of sp³-hybridized carbons (Fsp3) is 0.261. The Morgan fingerprint density at radius 1 is 1.12 bits per heavy atom. The molecule has 2 aromatic carbocycles. The van der Waals surface area contributed by atoms with Gasteiger partial charge < -0.3 is 4.42 Å². The first-order valence-corrected chi connectivity index (χ1v) is 12.9. The molecule has 5 nitrogen and oxygen atoms in total. The highest BCUT2D eigenvalue weighted by Gasteiger charge is 2.26. The molecule has 0 saturated heterocycles. The second kappa shape index (κ2) is 9.21. The van der Waals surface area contributed by atoms with Crippen molar-refractivity contribution >= 4 is 50.9 Å². The first kappa shape index (κ1) is 22.0. The van der Waals surface area contributed by atoms with Crippen LogP contribution in [0.2, 0.25) is 10.0 Å². The Labute approximate surface area is 208 Å². The van der Waals surface area contributed by atoms with Crippen molar-refractivity contribution in [1.29, 1.82) is 0 Å². The maximum Gasteiger partial charge on any atom is 0.276 e. The van der Waals surface area contributed by atoms with Crippen LogP contribution in [0.3, 0.4) is 0 Å². The van der Waals surface area contributed by atoms with Crippen LogP contribution in [0.5, 0.6) is 0 Å². The van der Waals surface area contributed by atoms with Crippen molar-refractivity contribution in [2.24, 2.45) is 5.92 Å². The van der Waals surface area contributed by atoms with E-state index in [1.54, 1.807) is 23.9 Å². The summed E-state index contributed by atoms with van der Waals surface area (Å²) in [5.41, 5.74) is 4.36. The third kappa shape index (κ3) is 4.49. The standard InChI is InChI=1S/C23H19BrCl2N4OS/c1-2-17-20(22-27-28-23(31-22)32-12-13-3-4-13)29-30(19-10-9-16(25)11-18(19)26)21(17)14-5-7-15(24)8-6-14/h5-11,13H,2-4,12H2,1H3. The summed E-state index contributed by atoms with van der Waals surface area (Å²) < 4.78 is 8.85. The van der Waals surface area contributed by atoms with Crippen molar-refractivity contribution < 1.29 is 4.42 Å². The molecule has 32 heavy (non-hydrogen) atoms. The zero-order chi connectivity index (χ0) is 22.2. The van der Waals surface area contributed by atoms with E-state index >= 15 is 0 Å². The van der Waals surface area contributed by atoms with Crippen LogP contribution in [0.1, 0.15) is 25.3 Å². The zero-order valence-corrected chi connectivity index (χ0v) is 21.1. The molecular weight excluding hydrogens is 531 g/mol. The summed E-state index contributed by atoms with van der Waals surface area (Å²) in [7, 11) is 0. The molecule has 1 aliphatic carbocycles. The van der Waals surface area contributed by atoms with Crippen LogP contribution < -0.4 is 0 Å². The highest BCUT2D eigenvalue weighted by molar-refractivity contribution is 9.10. The fourth-order valence-corrected chi connectivity index (χ4v) is 5.23. The molecule has 0 amide bonds. The van der Waals surface area contributed by atoms with Crippen molar-refractivity contribution in [3.63, 3.8) is 0 Å². The van der Waals surface area contributed by atoms with Crippen molar-refractivity contribution in [1.82, 2.24) is 20.0 Å². The van der Waals surface area contributed by atoms with Gasteiger partial charge in [0.05, 0.1) is 16.4 Å². The maximum atomic E-state index is 6.57. The summed E-state index contributed by atoms with van der Waals surface area (Å²) in [4.78, 5) is 0. The van der Waals surface area contributed by atoms with E-state index in [2.05, 4.69) is 45.2 Å². The van der Waals surface area contributed by atoms with Gasteiger partial charge >= 0.3 is 0 Å². The SMILES string of the molecule is CCc1c(-c2nnc(SCC3CC3)o2)nn(-c2ccc(Cl)cc2Cl)c1-c1ccc(Br)cc1. The largest absolute Gasteiger partial charge is 0.410 e. The fourth-order valence-electron chi connectivity index (χ4n) is 3.53. The van der Waals surface area contributed by atoms with E-state index in [9.17, 15) is 0 Å². The van der Waals surface area contributed by atoms with Crippen LogP contribution >= 0.6 is 50.9 Å². The van der Waals surface area contributed by atoms with Crippen molar-refractivity contribution in [3.8, 4) is 28.5 Å². The normalized spacial score (nSPS) is 13.6. The molecule has 0 unspecified atom stereocenters. The van der Waals surface area contributed by atoms with Gasteiger partial charge in [-0.25, -0.2) is 4.68 Å². The third-order valence-corrected chi connectivity index (χ3v) is 7.46. The van der Waals surface area contributed by atoms with Crippen LogP contribution in [0, 0.1) is 5.92 Å². The minimum Gasteiger partial charge on any atom is -0.410 e. The summed E-state index contributed by atoms with van der Waals surface area (Å²) >= 11 is 17.8. The minimum absolute atomic E-state index is 0.419. The van der Waals surface area contributed by atoms with E-state index in [1.807, 2.05) is 22.9 Å². The number of benzene rings is 2. The smallest absolute Gasteiger partial charge is 0.276 e. The number of nitrogens with zero attached hydrogens (tertiary/aromatic N) is 4. The lowest BCUT2D eigenvalue weighted by atomic mass is 10.0. The van der Waals surface area contributed by atoms with Gasteiger partial charge in [-0.05, 0) is 55.5 Å². The topological polar surface area (TPSA) is 56.7 Å². The highest BCUT2D eigenvalue weighted by atomic mass is 79.9. The van der Waals surface area contributed by atoms with Gasteiger partial charge in [-0.3, -0.25) is 0 Å². The van der Waals surface area contributed by atoms with Gasteiger partial charge in [0.15, 0.2) is 5.69 Å². The third-order valence-electron chi connectivity index (χ3n) is 5.34. The first-order valence-electron chi connectivity index (χ1n) is 10.3. The Bertz CT molecular complexity index is 1270. The predicted octanol–water partition coefficient (Wildman–Crippen LogP) is 7.72. The Hall–Kier alpha value is -1.80. The maximum absolute atomic E-state index is 6.57. The van der Waals surface area contributed by atoms with Crippen molar-refractivity contribution in [3.05, 3.63) is 62.5 Å². The molecule has 0 atom stereocenters. The zero-order valence-electron chi connectivity index (χ0n) is 17.2. The van der Waals surface area contributed by atoms with E-state index in [1.165, 1.54) is 12.8 Å². The summed E-state index contributed by atoms with van der Waals surface area (Å²) in [5.74, 6) is 2.21. The number of hydrogen-bond acceptors (Lipinski definition) is 5. The number of thioether (sulfide) groups is 1. The van der Waals surface area contributed by atoms with Crippen LogP contribution in [-0.4, -0.2) is 25.7 Å². The van der Waals surface area contributed by atoms with Crippen LogP contribution in [-0.2, 0) is 6.42 Å². The molecule has 2 aromatic heterocycles. The van der Waals surface area contributed by atoms with Gasteiger partial charge in [-0.2, -0.15) is 5.10 Å². The Morgan fingerprint density at radius 2 is 1.91 bits per heavy atom. The molecule has 0 N–H and O–H groups in total. The monoisotopic (exact) mass is 548 g/mol. The molecule has 5 rings (SSSR count). The van der Waals surface area contributed by atoms with Gasteiger partial charge in [0.2, 0.25) is 0 Å². The summed E-state index contributed by atoms with van der Waals surface area (Å²) in [6, 6.07) is 13.5. The average molecular weight is 550 g/mol. The van der Waals surface area contributed by atoms with Gasteiger partial charge in [0, 0.05) is 26.4 Å². The molecule has 0 spiro atoms. The molecule has 1 aliphatic rings. The summed E-state index contributed by atoms with van der Waals surface area (Å²) in [5, 5.41) is 15.1. The van der Waals surface area contributed by atoms with E-state index in [4.69, 9.17) is 32.7 Å². The lowest BCUT2D eigenvalue weighted by Gasteiger charge is -2.11. The molecule has 4 aromatic rings. The molecule has 0 aliphatic heterocycles. The average Bonchev–Trinajstić information content (AvgIpc) is 3.36. The Kier molecular flexibility index (Phi) is 6.34. The number of hydrogen-bond donors (Lipinski definition) is 0. The quantitative estimate of drug-likeness (QED) is 0.221. The van der Waals surface area contributed by atoms with E-state index in [-0.39, 0.29) is 0 Å². The second-order valence-corrected chi connectivity index (χ2v) is 10.4. The lowest BCUT2D eigenvalue weighted by molar-refractivity contribution is 0.463. The number of aromatic nitrogens is 4. The van der Waals surface area contributed by atoms with Crippen LogP contribution in [0.4, 0.5) is 0 Å². The molecule has 0 radical (unpaired) electrons. The van der Waals surface area contributed by atoms with Crippen LogP contribution in [0.15, 0.2) is 56.6 Å². The molecule has 164 valence electrons.